The fraction of sp³-hybridized carbons (Fsp3) is 0.250. The Morgan fingerprint density at radius 1 is 1.21 bits per heavy atom. The number of fused-ring (bicyclic) bond motifs is 3. The fourth-order valence-electron chi connectivity index (χ4n) is 3.47. The van der Waals surface area contributed by atoms with Crippen LogP contribution in [0.5, 0.6) is 5.75 Å². The van der Waals surface area contributed by atoms with Crippen LogP contribution in [0.3, 0.4) is 0 Å². The number of halogens is 1. The van der Waals surface area contributed by atoms with Crippen molar-refractivity contribution >= 4 is 32.9 Å². The van der Waals surface area contributed by atoms with Gasteiger partial charge in [0.15, 0.2) is 0 Å². The Hall–Kier alpha value is -2.58. The molecule has 0 radical (unpaired) electrons. The first-order valence-corrected chi connectivity index (χ1v) is 10.7. The van der Waals surface area contributed by atoms with Gasteiger partial charge in [-0.1, -0.05) is 0 Å². The van der Waals surface area contributed by atoms with Gasteiger partial charge in [0.1, 0.15) is 28.0 Å². The molecule has 0 fully saturated rings. The van der Waals surface area contributed by atoms with Crippen LogP contribution in [0, 0.1) is 5.82 Å². The average molecular weight is 413 g/mol. The summed E-state index contributed by atoms with van der Waals surface area (Å²) in [5.74, 6) is 0.298. The van der Waals surface area contributed by atoms with Crippen molar-refractivity contribution in [2.24, 2.45) is 0 Å². The lowest BCUT2D eigenvalue weighted by atomic mass is 10.2. The number of hydrogen-bond acceptors (Lipinski definition) is 6. The maximum atomic E-state index is 12.9. The predicted octanol–water partition coefficient (Wildman–Crippen LogP) is 4.17. The zero-order valence-electron chi connectivity index (χ0n) is 14.9. The van der Waals surface area contributed by atoms with Gasteiger partial charge in [0.2, 0.25) is 0 Å². The van der Waals surface area contributed by atoms with E-state index in [-0.39, 0.29) is 11.4 Å². The van der Waals surface area contributed by atoms with E-state index in [1.54, 1.807) is 34.4 Å². The van der Waals surface area contributed by atoms with Gasteiger partial charge in [-0.2, -0.15) is 0 Å². The Labute approximate surface area is 168 Å². The third-order valence-electron chi connectivity index (χ3n) is 4.80. The van der Waals surface area contributed by atoms with E-state index in [1.165, 1.54) is 33.9 Å². The Balaban J connectivity index is 1.33. The molecule has 0 saturated carbocycles. The van der Waals surface area contributed by atoms with Gasteiger partial charge in [0.05, 0.1) is 24.0 Å². The van der Waals surface area contributed by atoms with Gasteiger partial charge in [-0.25, -0.2) is 14.4 Å². The molecule has 1 aliphatic carbocycles. The van der Waals surface area contributed by atoms with Crippen LogP contribution in [0.4, 0.5) is 4.39 Å². The minimum atomic E-state index is -0.295. The van der Waals surface area contributed by atoms with Crippen molar-refractivity contribution in [3.8, 4) is 5.75 Å². The summed E-state index contributed by atoms with van der Waals surface area (Å²) in [4.78, 5) is 24.2. The molecule has 5 nitrogen and oxygen atoms in total. The van der Waals surface area contributed by atoms with E-state index in [1.807, 2.05) is 5.38 Å². The first-order chi connectivity index (χ1) is 13.7. The molecule has 0 amide bonds. The second-order valence-electron chi connectivity index (χ2n) is 6.69. The highest BCUT2D eigenvalue weighted by Gasteiger charge is 2.21. The van der Waals surface area contributed by atoms with E-state index in [4.69, 9.17) is 4.74 Å². The molecule has 0 saturated heterocycles. The molecule has 3 heterocycles. The number of aryl methyl sites for hydroxylation is 2. The normalized spacial score (nSPS) is 13.2. The molecule has 1 aliphatic rings. The van der Waals surface area contributed by atoms with Gasteiger partial charge in [0, 0.05) is 10.3 Å². The highest BCUT2D eigenvalue weighted by atomic mass is 32.1. The molecule has 3 aromatic heterocycles. The van der Waals surface area contributed by atoms with E-state index >= 15 is 0 Å². The highest BCUT2D eigenvalue weighted by molar-refractivity contribution is 7.18. The summed E-state index contributed by atoms with van der Waals surface area (Å²) >= 11 is 3.13. The lowest BCUT2D eigenvalue weighted by Crippen LogP contribution is -2.21. The van der Waals surface area contributed by atoms with Crippen LogP contribution in [0.15, 0.2) is 40.8 Å². The van der Waals surface area contributed by atoms with Crippen molar-refractivity contribution in [2.75, 3.05) is 0 Å². The molecule has 0 bridgehead atoms. The van der Waals surface area contributed by atoms with Gasteiger partial charge >= 0.3 is 0 Å². The van der Waals surface area contributed by atoms with Crippen LogP contribution in [0.1, 0.15) is 27.6 Å². The molecule has 1 aromatic carbocycles. The minimum Gasteiger partial charge on any atom is -0.486 e. The summed E-state index contributed by atoms with van der Waals surface area (Å²) in [5, 5.41) is 3.52. The molecule has 8 heteroatoms. The average Bonchev–Trinajstić information content (AvgIpc) is 3.39. The van der Waals surface area contributed by atoms with Gasteiger partial charge in [-0.15, -0.1) is 22.7 Å². The predicted molar refractivity (Wildman–Crippen MR) is 108 cm³/mol. The molecule has 0 aliphatic heterocycles. The van der Waals surface area contributed by atoms with Crippen molar-refractivity contribution in [3.05, 3.63) is 73.3 Å². The summed E-state index contributed by atoms with van der Waals surface area (Å²) in [6, 6.07) is 5.89. The molecule has 0 atom stereocenters. The summed E-state index contributed by atoms with van der Waals surface area (Å²) in [5.41, 5.74) is 2.01. The monoisotopic (exact) mass is 413 g/mol. The van der Waals surface area contributed by atoms with E-state index < -0.39 is 0 Å². The molecule has 0 N–H and O–H groups in total. The van der Waals surface area contributed by atoms with Crippen molar-refractivity contribution in [1.82, 2.24) is 14.5 Å². The SMILES string of the molecule is O=c1c2c3c(sc2ncn1Cc1csc(COc2ccc(F)cc2)n1)CCC3. The molecule has 5 rings (SSSR count). The number of thiazole rings is 1. The third-order valence-corrected chi connectivity index (χ3v) is 6.87. The van der Waals surface area contributed by atoms with Crippen LogP contribution < -0.4 is 10.3 Å². The molecular weight excluding hydrogens is 397 g/mol. The molecular formula is C20H16FN3O2S2. The minimum absolute atomic E-state index is 0.0153. The maximum absolute atomic E-state index is 12.9. The Morgan fingerprint density at radius 2 is 2.07 bits per heavy atom. The zero-order valence-corrected chi connectivity index (χ0v) is 16.5. The van der Waals surface area contributed by atoms with E-state index in [0.717, 1.165) is 40.2 Å². The van der Waals surface area contributed by atoms with E-state index in [9.17, 15) is 9.18 Å². The number of thiophene rings is 1. The van der Waals surface area contributed by atoms with E-state index in [2.05, 4.69) is 9.97 Å². The topological polar surface area (TPSA) is 57.0 Å². The number of ether oxygens (including phenoxy) is 1. The highest BCUT2D eigenvalue weighted by Crippen LogP contribution is 2.34. The summed E-state index contributed by atoms with van der Waals surface area (Å²) in [7, 11) is 0. The van der Waals surface area contributed by atoms with Crippen molar-refractivity contribution < 1.29 is 9.13 Å². The molecule has 4 aromatic rings. The molecule has 0 unspecified atom stereocenters. The summed E-state index contributed by atoms with van der Waals surface area (Å²) in [6.07, 6.45) is 4.76. The van der Waals surface area contributed by atoms with Gasteiger partial charge < -0.3 is 4.74 Å². The number of nitrogens with zero attached hydrogens (tertiary/aromatic N) is 3. The van der Waals surface area contributed by atoms with Crippen LogP contribution in [-0.2, 0) is 26.0 Å². The Kier molecular flexibility index (Phi) is 4.44. The summed E-state index contributed by atoms with van der Waals surface area (Å²) in [6.45, 7) is 0.694. The lowest BCUT2D eigenvalue weighted by molar-refractivity contribution is 0.305. The summed E-state index contributed by atoms with van der Waals surface area (Å²) < 4.78 is 20.2. The first kappa shape index (κ1) is 17.5. The standard InChI is InChI=1S/C20H16FN3O2S2/c21-12-4-6-14(7-5-12)26-9-17-23-13(10-27-17)8-24-11-22-19-18(20(24)25)15-2-1-3-16(15)28-19/h4-7,10-11H,1-3,8-9H2. The number of aromatic nitrogens is 3. The molecule has 142 valence electrons. The van der Waals surface area contributed by atoms with Crippen molar-refractivity contribution in [1.29, 1.82) is 0 Å². The van der Waals surface area contributed by atoms with Crippen LogP contribution in [0.25, 0.3) is 10.2 Å². The lowest BCUT2D eigenvalue weighted by Gasteiger charge is -2.04. The molecule has 0 spiro atoms. The van der Waals surface area contributed by atoms with Gasteiger partial charge in [-0.3, -0.25) is 9.36 Å². The van der Waals surface area contributed by atoms with E-state index in [0.29, 0.717) is 18.9 Å². The Morgan fingerprint density at radius 3 is 2.93 bits per heavy atom. The van der Waals surface area contributed by atoms with Crippen LogP contribution in [0.2, 0.25) is 0 Å². The Bertz CT molecular complexity index is 1210. The second-order valence-corrected chi connectivity index (χ2v) is 8.72. The van der Waals surface area contributed by atoms with Gasteiger partial charge in [-0.05, 0) is 49.1 Å². The maximum Gasteiger partial charge on any atom is 0.262 e. The fourth-order valence-corrected chi connectivity index (χ4v) is 5.39. The number of rotatable bonds is 5. The molecule has 28 heavy (non-hydrogen) atoms. The van der Waals surface area contributed by atoms with Crippen LogP contribution in [-0.4, -0.2) is 14.5 Å². The second kappa shape index (κ2) is 7.10. The third kappa shape index (κ3) is 3.22. The quantitative estimate of drug-likeness (QED) is 0.493. The smallest absolute Gasteiger partial charge is 0.262 e. The number of hydrogen-bond donors (Lipinski definition) is 0. The first-order valence-electron chi connectivity index (χ1n) is 8.99. The van der Waals surface area contributed by atoms with Crippen molar-refractivity contribution in [3.63, 3.8) is 0 Å². The van der Waals surface area contributed by atoms with Crippen molar-refractivity contribution in [2.45, 2.75) is 32.4 Å². The largest absolute Gasteiger partial charge is 0.486 e. The van der Waals surface area contributed by atoms with Gasteiger partial charge in [0.25, 0.3) is 5.56 Å². The van der Waals surface area contributed by atoms with Crippen LogP contribution >= 0.6 is 22.7 Å². The number of benzene rings is 1. The zero-order chi connectivity index (χ0) is 19.1.